The summed E-state index contributed by atoms with van der Waals surface area (Å²) < 4.78 is 0. The summed E-state index contributed by atoms with van der Waals surface area (Å²) in [6.45, 7) is 5.24. The van der Waals surface area contributed by atoms with Crippen molar-refractivity contribution in [3.05, 3.63) is 59.7 Å². The molecule has 2 aromatic rings. The number of rotatable bonds is 6. The van der Waals surface area contributed by atoms with E-state index in [9.17, 15) is 0 Å². The van der Waals surface area contributed by atoms with Gasteiger partial charge in [0, 0.05) is 18.6 Å². The van der Waals surface area contributed by atoms with Crippen LogP contribution in [0.5, 0.6) is 0 Å². The fourth-order valence-corrected chi connectivity index (χ4v) is 2.33. The van der Waals surface area contributed by atoms with Crippen molar-refractivity contribution < 1.29 is 0 Å². The van der Waals surface area contributed by atoms with E-state index < -0.39 is 0 Å². The Morgan fingerprint density at radius 1 is 1.16 bits per heavy atom. The summed E-state index contributed by atoms with van der Waals surface area (Å²) in [6, 6.07) is 8.53. The average molecular weight is 255 g/mol. The zero-order chi connectivity index (χ0) is 13.5. The van der Waals surface area contributed by atoms with Crippen LogP contribution in [-0.4, -0.2) is 16.5 Å². The topological polar surface area (TPSA) is 37.8 Å². The van der Waals surface area contributed by atoms with E-state index in [2.05, 4.69) is 41.3 Å². The third-order valence-corrected chi connectivity index (χ3v) is 3.25. The number of hydrogen-bond donors (Lipinski definition) is 1. The van der Waals surface area contributed by atoms with Crippen LogP contribution in [0.1, 0.15) is 36.7 Å². The molecule has 1 N–H and O–H groups in total. The summed E-state index contributed by atoms with van der Waals surface area (Å²) in [4.78, 5) is 8.77. The Hall–Kier alpha value is -1.74. The van der Waals surface area contributed by atoms with Crippen molar-refractivity contribution in [1.29, 1.82) is 0 Å². The molecule has 19 heavy (non-hydrogen) atoms. The van der Waals surface area contributed by atoms with Gasteiger partial charge in [-0.15, -0.1) is 0 Å². The lowest BCUT2D eigenvalue weighted by molar-refractivity contribution is 0.531. The lowest BCUT2D eigenvalue weighted by atomic mass is 9.99. The molecule has 1 unspecified atom stereocenters. The molecule has 3 nitrogen and oxygen atoms in total. The summed E-state index contributed by atoms with van der Waals surface area (Å²) >= 11 is 0. The van der Waals surface area contributed by atoms with Crippen molar-refractivity contribution in [3.8, 4) is 0 Å². The molecule has 3 heteroatoms. The van der Waals surface area contributed by atoms with Gasteiger partial charge in [-0.3, -0.25) is 9.97 Å². The number of nitrogens with zero attached hydrogens (tertiary/aromatic N) is 2. The van der Waals surface area contributed by atoms with Crippen LogP contribution in [0.15, 0.2) is 42.9 Å². The van der Waals surface area contributed by atoms with Crippen molar-refractivity contribution in [2.75, 3.05) is 6.54 Å². The quantitative estimate of drug-likeness (QED) is 0.862. The molecule has 0 spiro atoms. The zero-order valence-electron chi connectivity index (χ0n) is 11.6. The van der Waals surface area contributed by atoms with Crippen LogP contribution in [0, 0.1) is 0 Å². The fourth-order valence-electron chi connectivity index (χ4n) is 2.33. The second-order valence-electron chi connectivity index (χ2n) is 4.58. The first-order chi connectivity index (χ1) is 9.35. The van der Waals surface area contributed by atoms with Gasteiger partial charge in [0.2, 0.25) is 0 Å². The summed E-state index contributed by atoms with van der Waals surface area (Å²) in [7, 11) is 0. The Morgan fingerprint density at radius 3 is 2.68 bits per heavy atom. The summed E-state index contributed by atoms with van der Waals surface area (Å²) in [5.41, 5.74) is 3.72. The maximum absolute atomic E-state index is 4.58. The van der Waals surface area contributed by atoms with Crippen molar-refractivity contribution in [1.82, 2.24) is 15.3 Å². The number of likely N-dealkylation sites (N-methyl/N-ethyl adjacent to an activating group) is 1. The van der Waals surface area contributed by atoms with E-state index in [1.54, 1.807) is 0 Å². The molecule has 0 amide bonds. The van der Waals surface area contributed by atoms with Gasteiger partial charge in [-0.05, 0) is 42.6 Å². The van der Waals surface area contributed by atoms with Crippen LogP contribution in [-0.2, 0) is 12.8 Å². The van der Waals surface area contributed by atoms with E-state index in [1.807, 2.05) is 30.7 Å². The minimum absolute atomic E-state index is 0.255. The monoisotopic (exact) mass is 255 g/mol. The molecule has 0 aliphatic rings. The molecule has 0 aromatic carbocycles. The minimum Gasteiger partial charge on any atom is -0.309 e. The lowest BCUT2D eigenvalue weighted by Gasteiger charge is -2.20. The molecule has 0 saturated carbocycles. The van der Waals surface area contributed by atoms with Crippen molar-refractivity contribution >= 4 is 0 Å². The number of nitrogens with one attached hydrogen (secondary N) is 1. The van der Waals surface area contributed by atoms with Gasteiger partial charge in [0.05, 0.1) is 11.7 Å². The number of aryl methyl sites for hydroxylation is 1. The van der Waals surface area contributed by atoms with Crippen LogP contribution < -0.4 is 5.32 Å². The molecular weight excluding hydrogens is 234 g/mol. The molecule has 2 heterocycles. The highest BCUT2D eigenvalue weighted by Gasteiger charge is 2.15. The normalized spacial score (nSPS) is 12.3. The Kier molecular flexibility index (Phi) is 5.04. The maximum Gasteiger partial charge on any atom is 0.0608 e. The fraction of sp³-hybridized carbons (Fsp3) is 0.375. The van der Waals surface area contributed by atoms with E-state index in [0.717, 1.165) is 25.1 Å². The van der Waals surface area contributed by atoms with E-state index >= 15 is 0 Å². The average Bonchev–Trinajstić information content (AvgIpc) is 2.48. The maximum atomic E-state index is 4.58. The smallest absolute Gasteiger partial charge is 0.0608 e. The van der Waals surface area contributed by atoms with Crippen molar-refractivity contribution in [2.24, 2.45) is 0 Å². The SMILES string of the molecule is CCNC(Cc1cccnc1)c1ncccc1CC. The second kappa shape index (κ2) is 7.00. The van der Waals surface area contributed by atoms with E-state index in [1.165, 1.54) is 11.1 Å². The van der Waals surface area contributed by atoms with Crippen molar-refractivity contribution in [2.45, 2.75) is 32.7 Å². The van der Waals surface area contributed by atoms with Gasteiger partial charge in [-0.2, -0.15) is 0 Å². The van der Waals surface area contributed by atoms with Gasteiger partial charge in [0.1, 0.15) is 0 Å². The molecule has 2 aromatic heterocycles. The Labute approximate surface area is 115 Å². The molecule has 0 radical (unpaired) electrons. The highest BCUT2D eigenvalue weighted by Crippen LogP contribution is 2.20. The molecule has 0 aliphatic heterocycles. The number of aromatic nitrogens is 2. The molecule has 0 saturated heterocycles. The van der Waals surface area contributed by atoms with E-state index in [-0.39, 0.29) is 6.04 Å². The van der Waals surface area contributed by atoms with Crippen LogP contribution in [0.3, 0.4) is 0 Å². The highest BCUT2D eigenvalue weighted by atomic mass is 14.9. The Bertz CT molecular complexity index is 496. The number of hydrogen-bond acceptors (Lipinski definition) is 3. The third kappa shape index (κ3) is 3.61. The lowest BCUT2D eigenvalue weighted by Crippen LogP contribution is -2.25. The first kappa shape index (κ1) is 13.7. The minimum atomic E-state index is 0.255. The number of pyridine rings is 2. The van der Waals surface area contributed by atoms with Crippen LogP contribution in [0.25, 0.3) is 0 Å². The first-order valence-corrected chi connectivity index (χ1v) is 6.91. The van der Waals surface area contributed by atoms with Gasteiger partial charge in [-0.1, -0.05) is 26.0 Å². The van der Waals surface area contributed by atoms with Crippen LogP contribution >= 0.6 is 0 Å². The van der Waals surface area contributed by atoms with Gasteiger partial charge in [0.15, 0.2) is 0 Å². The van der Waals surface area contributed by atoms with E-state index in [4.69, 9.17) is 0 Å². The van der Waals surface area contributed by atoms with Gasteiger partial charge >= 0.3 is 0 Å². The predicted molar refractivity (Wildman–Crippen MR) is 78.0 cm³/mol. The van der Waals surface area contributed by atoms with Crippen molar-refractivity contribution in [3.63, 3.8) is 0 Å². The van der Waals surface area contributed by atoms with Gasteiger partial charge in [-0.25, -0.2) is 0 Å². The molecule has 0 fully saturated rings. The largest absolute Gasteiger partial charge is 0.309 e. The van der Waals surface area contributed by atoms with Gasteiger partial charge < -0.3 is 5.32 Å². The predicted octanol–water partition coefficient (Wildman–Crippen LogP) is 2.93. The summed E-state index contributed by atoms with van der Waals surface area (Å²) in [5, 5.41) is 3.53. The summed E-state index contributed by atoms with van der Waals surface area (Å²) in [6.07, 6.45) is 7.55. The summed E-state index contributed by atoms with van der Waals surface area (Å²) in [5.74, 6) is 0. The van der Waals surface area contributed by atoms with Crippen LogP contribution in [0.4, 0.5) is 0 Å². The Balaban J connectivity index is 2.24. The first-order valence-electron chi connectivity index (χ1n) is 6.91. The Morgan fingerprint density at radius 2 is 2.00 bits per heavy atom. The van der Waals surface area contributed by atoms with Gasteiger partial charge in [0.25, 0.3) is 0 Å². The third-order valence-electron chi connectivity index (χ3n) is 3.25. The van der Waals surface area contributed by atoms with Crippen LogP contribution in [0.2, 0.25) is 0 Å². The molecule has 100 valence electrons. The zero-order valence-corrected chi connectivity index (χ0v) is 11.6. The van der Waals surface area contributed by atoms with E-state index in [0.29, 0.717) is 0 Å². The molecular formula is C16H21N3. The molecule has 0 aliphatic carbocycles. The molecule has 2 rings (SSSR count). The highest BCUT2D eigenvalue weighted by molar-refractivity contribution is 5.25. The molecule has 0 bridgehead atoms. The standard InChI is InChI=1S/C16H21N3/c1-3-14-8-6-10-19-16(14)15(18-4-2)11-13-7-5-9-17-12-13/h5-10,12,15,18H,3-4,11H2,1-2H3. The molecule has 1 atom stereocenters. The second-order valence-corrected chi connectivity index (χ2v) is 4.58.